The van der Waals surface area contributed by atoms with Crippen molar-refractivity contribution in [1.29, 1.82) is 0 Å². The molecular formula is C18H18BrClN2O4. The Hall–Kier alpha value is -2.25. The summed E-state index contributed by atoms with van der Waals surface area (Å²) in [6.45, 7) is 0.320. The number of halogens is 2. The number of nitrogens with two attached hydrogens (primary N) is 1. The fraction of sp³-hybridized carbons (Fsp3) is 0.222. The number of carbonyl (C=O) groups is 2. The SMILES string of the molecule is NC(=O)NC(CC(=O)OCCOc1ccc(Br)cc1)c1ccc(Cl)cc1. The molecule has 0 aliphatic rings. The van der Waals surface area contributed by atoms with Gasteiger partial charge in [0.1, 0.15) is 19.0 Å². The maximum Gasteiger partial charge on any atom is 0.312 e. The van der Waals surface area contributed by atoms with E-state index in [9.17, 15) is 9.59 Å². The third kappa shape index (κ3) is 6.93. The normalized spacial score (nSPS) is 11.5. The summed E-state index contributed by atoms with van der Waals surface area (Å²) in [6, 6.07) is 12.8. The van der Waals surface area contributed by atoms with Crippen molar-refractivity contribution >= 4 is 39.5 Å². The van der Waals surface area contributed by atoms with Gasteiger partial charge in [0.2, 0.25) is 0 Å². The molecule has 8 heteroatoms. The molecule has 3 N–H and O–H groups in total. The standard InChI is InChI=1S/C18H18BrClN2O4/c19-13-3-7-15(8-4-13)25-9-10-26-17(23)11-16(22-18(21)24)12-1-5-14(20)6-2-12/h1-8,16H,9-11H2,(H3,21,22,24). The molecule has 0 aliphatic carbocycles. The van der Waals surface area contributed by atoms with Crippen molar-refractivity contribution in [2.24, 2.45) is 5.73 Å². The number of nitrogens with one attached hydrogen (secondary N) is 1. The number of hydrogen-bond acceptors (Lipinski definition) is 4. The van der Waals surface area contributed by atoms with Gasteiger partial charge in [-0.2, -0.15) is 0 Å². The molecule has 2 aromatic rings. The number of esters is 1. The summed E-state index contributed by atoms with van der Waals surface area (Å²) < 4.78 is 11.6. The minimum Gasteiger partial charge on any atom is -0.490 e. The van der Waals surface area contributed by atoms with Gasteiger partial charge in [0.25, 0.3) is 0 Å². The predicted molar refractivity (Wildman–Crippen MR) is 102 cm³/mol. The van der Waals surface area contributed by atoms with Crippen molar-refractivity contribution in [2.45, 2.75) is 12.5 Å². The maximum absolute atomic E-state index is 12.0. The van der Waals surface area contributed by atoms with Gasteiger partial charge in [-0.15, -0.1) is 0 Å². The van der Waals surface area contributed by atoms with E-state index in [-0.39, 0.29) is 19.6 Å². The van der Waals surface area contributed by atoms with Crippen LogP contribution in [0.2, 0.25) is 5.02 Å². The quantitative estimate of drug-likeness (QED) is 0.481. The summed E-state index contributed by atoms with van der Waals surface area (Å²) in [4.78, 5) is 23.2. The molecule has 6 nitrogen and oxygen atoms in total. The summed E-state index contributed by atoms with van der Waals surface area (Å²) in [7, 11) is 0. The molecule has 138 valence electrons. The van der Waals surface area contributed by atoms with Gasteiger partial charge in [0, 0.05) is 9.50 Å². The molecule has 1 unspecified atom stereocenters. The number of urea groups is 1. The van der Waals surface area contributed by atoms with E-state index < -0.39 is 18.0 Å². The van der Waals surface area contributed by atoms with Crippen LogP contribution < -0.4 is 15.8 Å². The fourth-order valence-corrected chi connectivity index (χ4v) is 2.58. The van der Waals surface area contributed by atoms with Crippen LogP contribution in [0, 0.1) is 0 Å². The zero-order chi connectivity index (χ0) is 18.9. The second kappa shape index (κ2) is 10.0. The highest BCUT2D eigenvalue weighted by molar-refractivity contribution is 9.10. The Morgan fingerprint density at radius 3 is 2.35 bits per heavy atom. The number of carbonyl (C=O) groups excluding carboxylic acids is 2. The topological polar surface area (TPSA) is 90.7 Å². The van der Waals surface area contributed by atoms with Crippen LogP contribution in [0.25, 0.3) is 0 Å². The number of benzene rings is 2. The molecule has 0 saturated heterocycles. The monoisotopic (exact) mass is 440 g/mol. The second-order valence-electron chi connectivity index (χ2n) is 5.34. The second-order valence-corrected chi connectivity index (χ2v) is 6.69. The summed E-state index contributed by atoms with van der Waals surface area (Å²) in [6.07, 6.45) is -0.0527. The third-order valence-corrected chi connectivity index (χ3v) is 4.17. The maximum atomic E-state index is 12.0. The Kier molecular flexibility index (Phi) is 7.74. The van der Waals surface area contributed by atoms with Crippen molar-refractivity contribution < 1.29 is 19.1 Å². The first-order chi connectivity index (χ1) is 12.4. The Bertz CT molecular complexity index is 738. The van der Waals surface area contributed by atoms with Gasteiger partial charge in [-0.05, 0) is 42.0 Å². The van der Waals surface area contributed by atoms with Gasteiger partial charge in [-0.25, -0.2) is 4.79 Å². The van der Waals surface area contributed by atoms with Crippen molar-refractivity contribution in [3.05, 3.63) is 63.6 Å². The van der Waals surface area contributed by atoms with E-state index in [1.807, 2.05) is 12.1 Å². The van der Waals surface area contributed by atoms with Gasteiger partial charge in [-0.3, -0.25) is 4.79 Å². The minimum absolute atomic E-state index is 0.0527. The fourth-order valence-electron chi connectivity index (χ4n) is 2.19. The number of primary amides is 1. The lowest BCUT2D eigenvalue weighted by atomic mass is 10.0. The number of ether oxygens (including phenoxy) is 2. The molecule has 0 bridgehead atoms. The number of hydrogen-bond donors (Lipinski definition) is 2. The average Bonchev–Trinajstić information content (AvgIpc) is 2.60. The van der Waals surface area contributed by atoms with Crippen LogP contribution in [0.5, 0.6) is 5.75 Å². The zero-order valence-corrected chi connectivity index (χ0v) is 16.1. The average molecular weight is 442 g/mol. The molecule has 2 rings (SSSR count). The summed E-state index contributed by atoms with van der Waals surface area (Å²) in [5, 5.41) is 3.08. The Labute approximate surface area is 164 Å². The number of rotatable bonds is 8. The summed E-state index contributed by atoms with van der Waals surface area (Å²) in [5.74, 6) is 0.205. The van der Waals surface area contributed by atoms with Crippen molar-refractivity contribution in [3.63, 3.8) is 0 Å². The van der Waals surface area contributed by atoms with Gasteiger partial charge in [0.05, 0.1) is 12.5 Å². The van der Waals surface area contributed by atoms with Gasteiger partial charge >= 0.3 is 12.0 Å². The van der Waals surface area contributed by atoms with E-state index in [4.69, 9.17) is 26.8 Å². The molecule has 0 radical (unpaired) electrons. The molecule has 0 aromatic heterocycles. The Balaban J connectivity index is 1.81. The predicted octanol–water partition coefficient (Wildman–Crippen LogP) is 3.82. The largest absolute Gasteiger partial charge is 0.490 e. The smallest absolute Gasteiger partial charge is 0.312 e. The highest BCUT2D eigenvalue weighted by Crippen LogP contribution is 2.20. The van der Waals surface area contributed by atoms with E-state index in [0.29, 0.717) is 16.3 Å². The van der Waals surface area contributed by atoms with Gasteiger partial charge < -0.3 is 20.5 Å². The molecule has 1 atom stereocenters. The molecule has 0 fully saturated rings. The van der Waals surface area contributed by atoms with Gasteiger partial charge in [0.15, 0.2) is 0 Å². The molecule has 0 aliphatic heterocycles. The number of amides is 2. The van der Waals surface area contributed by atoms with Crippen LogP contribution in [-0.2, 0) is 9.53 Å². The highest BCUT2D eigenvalue weighted by Gasteiger charge is 2.18. The van der Waals surface area contributed by atoms with E-state index in [1.165, 1.54) is 0 Å². The summed E-state index contributed by atoms with van der Waals surface area (Å²) >= 11 is 9.19. The minimum atomic E-state index is -0.726. The van der Waals surface area contributed by atoms with Crippen LogP contribution in [0.15, 0.2) is 53.0 Å². The van der Waals surface area contributed by atoms with E-state index in [1.54, 1.807) is 36.4 Å². The van der Waals surface area contributed by atoms with Crippen LogP contribution in [0.3, 0.4) is 0 Å². The Morgan fingerprint density at radius 1 is 1.08 bits per heavy atom. The van der Waals surface area contributed by atoms with Crippen LogP contribution >= 0.6 is 27.5 Å². The van der Waals surface area contributed by atoms with E-state index in [2.05, 4.69) is 21.2 Å². The van der Waals surface area contributed by atoms with Crippen molar-refractivity contribution in [2.75, 3.05) is 13.2 Å². The molecule has 2 amide bonds. The zero-order valence-electron chi connectivity index (χ0n) is 13.8. The first-order valence-corrected chi connectivity index (χ1v) is 8.96. The lowest BCUT2D eigenvalue weighted by Crippen LogP contribution is -2.34. The van der Waals surface area contributed by atoms with Crippen molar-refractivity contribution in [1.82, 2.24) is 5.32 Å². The van der Waals surface area contributed by atoms with Crippen molar-refractivity contribution in [3.8, 4) is 5.75 Å². The molecule has 0 saturated carbocycles. The lowest BCUT2D eigenvalue weighted by molar-refractivity contribution is -0.144. The molecule has 2 aromatic carbocycles. The molecular weight excluding hydrogens is 424 g/mol. The third-order valence-electron chi connectivity index (χ3n) is 3.39. The first kappa shape index (κ1) is 20.1. The van der Waals surface area contributed by atoms with Crippen LogP contribution in [0.1, 0.15) is 18.0 Å². The van der Waals surface area contributed by atoms with E-state index >= 15 is 0 Å². The Morgan fingerprint density at radius 2 is 1.73 bits per heavy atom. The first-order valence-electron chi connectivity index (χ1n) is 7.79. The molecule has 26 heavy (non-hydrogen) atoms. The molecule has 0 heterocycles. The lowest BCUT2D eigenvalue weighted by Gasteiger charge is -2.17. The van der Waals surface area contributed by atoms with Gasteiger partial charge in [-0.1, -0.05) is 39.7 Å². The molecule has 0 spiro atoms. The van der Waals surface area contributed by atoms with Crippen LogP contribution in [0.4, 0.5) is 4.79 Å². The van der Waals surface area contributed by atoms with Crippen LogP contribution in [-0.4, -0.2) is 25.2 Å². The summed E-state index contributed by atoms with van der Waals surface area (Å²) in [5.41, 5.74) is 5.89. The van der Waals surface area contributed by atoms with E-state index in [0.717, 1.165) is 4.47 Å². The highest BCUT2D eigenvalue weighted by atomic mass is 79.9.